The Morgan fingerprint density at radius 1 is 1.14 bits per heavy atom. The van der Waals surface area contributed by atoms with E-state index in [0.29, 0.717) is 5.41 Å². The number of halogens is 2. The molecule has 2 bridgehead atoms. The van der Waals surface area contributed by atoms with Crippen LogP contribution in [-0.4, -0.2) is 25.1 Å². The Labute approximate surface area is 160 Å². The molecule has 1 fully saturated rings. The minimum atomic E-state index is 0. The maximum absolute atomic E-state index is 3.52. The zero-order chi connectivity index (χ0) is 15.3. The van der Waals surface area contributed by atoms with E-state index in [2.05, 4.69) is 74.2 Å². The molecule has 0 N–H and O–H groups in total. The fourth-order valence-electron chi connectivity index (χ4n) is 4.29. The second kappa shape index (κ2) is 6.56. The van der Waals surface area contributed by atoms with Gasteiger partial charge in [0, 0.05) is 10.0 Å². The standard InChI is InChI=1S/C19H27BrN.HI/c1-19(2)16-8-7-15(18(19)11-16)13-21(3,4)12-14-5-9-17(20)10-6-14;/h5-7,9-10,16,18H,8,11-13H2,1-4H3;1H/q+1;/p-1/t16-,18-;/m0./s1. The van der Waals surface area contributed by atoms with Crippen LogP contribution in [0.5, 0.6) is 0 Å². The van der Waals surface area contributed by atoms with Gasteiger partial charge in [0.2, 0.25) is 0 Å². The highest BCUT2D eigenvalue weighted by Gasteiger charge is 2.52. The van der Waals surface area contributed by atoms with Crippen LogP contribution in [0.15, 0.2) is 40.4 Å². The third kappa shape index (κ3) is 3.62. The average Bonchev–Trinajstić information content (AvgIpc) is 2.40. The van der Waals surface area contributed by atoms with E-state index in [4.69, 9.17) is 0 Å². The molecule has 0 heterocycles. The highest BCUT2D eigenvalue weighted by Crippen LogP contribution is 2.59. The molecular formula is C19H27BrIN. The van der Waals surface area contributed by atoms with Crippen LogP contribution in [0, 0.1) is 17.3 Å². The summed E-state index contributed by atoms with van der Waals surface area (Å²) in [6.07, 6.45) is 5.28. The van der Waals surface area contributed by atoms with Gasteiger partial charge in [0.25, 0.3) is 0 Å². The molecule has 0 unspecified atom stereocenters. The van der Waals surface area contributed by atoms with E-state index in [0.717, 1.165) is 27.3 Å². The highest BCUT2D eigenvalue weighted by atomic mass is 127. The van der Waals surface area contributed by atoms with Crippen LogP contribution in [0.25, 0.3) is 0 Å². The number of fused-ring (bicyclic) bond motifs is 1. The van der Waals surface area contributed by atoms with Gasteiger partial charge in [-0.25, -0.2) is 0 Å². The largest absolute Gasteiger partial charge is 1.00 e. The lowest BCUT2D eigenvalue weighted by Crippen LogP contribution is -3.00. The van der Waals surface area contributed by atoms with Crippen molar-refractivity contribution in [3.63, 3.8) is 0 Å². The average molecular weight is 476 g/mol. The molecule has 0 aliphatic heterocycles. The second-order valence-corrected chi connectivity index (χ2v) is 9.12. The van der Waals surface area contributed by atoms with Crippen molar-refractivity contribution < 1.29 is 28.5 Å². The highest BCUT2D eigenvalue weighted by molar-refractivity contribution is 9.10. The van der Waals surface area contributed by atoms with Gasteiger partial charge < -0.3 is 28.5 Å². The maximum Gasteiger partial charge on any atom is 0.104 e. The van der Waals surface area contributed by atoms with Crippen LogP contribution in [0.3, 0.4) is 0 Å². The third-order valence-electron chi connectivity index (χ3n) is 5.72. The van der Waals surface area contributed by atoms with E-state index in [1.807, 2.05) is 0 Å². The number of hydrogen-bond donors (Lipinski definition) is 0. The molecule has 2 atom stereocenters. The van der Waals surface area contributed by atoms with E-state index in [-0.39, 0.29) is 24.0 Å². The molecule has 0 saturated heterocycles. The number of nitrogens with zero attached hydrogens (tertiary/aromatic N) is 1. The zero-order valence-electron chi connectivity index (χ0n) is 14.1. The fraction of sp³-hybridized carbons (Fsp3) is 0.579. The Bertz CT molecular complexity index is 559. The number of benzene rings is 1. The summed E-state index contributed by atoms with van der Waals surface area (Å²) in [5.74, 6) is 1.77. The van der Waals surface area contributed by atoms with Crippen LogP contribution < -0.4 is 24.0 Å². The first-order valence-corrected chi connectivity index (χ1v) is 8.83. The Morgan fingerprint density at radius 2 is 1.77 bits per heavy atom. The molecule has 0 radical (unpaired) electrons. The van der Waals surface area contributed by atoms with Gasteiger partial charge in [-0.15, -0.1) is 0 Å². The SMILES string of the molecule is CC1(C)[C@H]2CC=C(C[N+](C)(C)Cc3ccc(Br)cc3)[C@@H]1C2.[I-]. The first-order valence-electron chi connectivity index (χ1n) is 8.03. The van der Waals surface area contributed by atoms with Crippen molar-refractivity contribution in [2.45, 2.75) is 33.2 Å². The molecule has 1 nitrogen and oxygen atoms in total. The smallest absolute Gasteiger partial charge is 0.104 e. The minimum absolute atomic E-state index is 0. The van der Waals surface area contributed by atoms with Gasteiger partial charge in [-0.05, 0) is 47.8 Å². The number of allylic oxidation sites excluding steroid dienone is 1. The summed E-state index contributed by atoms with van der Waals surface area (Å²) in [4.78, 5) is 0. The van der Waals surface area contributed by atoms with E-state index in [9.17, 15) is 0 Å². The maximum atomic E-state index is 3.52. The summed E-state index contributed by atoms with van der Waals surface area (Å²) in [5, 5.41) is 0. The molecule has 3 aliphatic rings. The molecule has 0 spiro atoms. The van der Waals surface area contributed by atoms with Gasteiger partial charge in [0.15, 0.2) is 0 Å². The summed E-state index contributed by atoms with van der Waals surface area (Å²) in [6.45, 7) is 7.22. The summed E-state index contributed by atoms with van der Waals surface area (Å²) >= 11 is 3.52. The van der Waals surface area contributed by atoms with Gasteiger partial charge in [-0.2, -0.15) is 0 Å². The van der Waals surface area contributed by atoms with Crippen LogP contribution in [-0.2, 0) is 6.54 Å². The van der Waals surface area contributed by atoms with Crippen molar-refractivity contribution in [1.82, 2.24) is 0 Å². The number of rotatable bonds is 4. The normalized spacial score (nSPS) is 25.8. The van der Waals surface area contributed by atoms with Crippen molar-refractivity contribution in [3.05, 3.63) is 46.0 Å². The van der Waals surface area contributed by atoms with Gasteiger partial charge >= 0.3 is 0 Å². The molecule has 0 amide bonds. The van der Waals surface area contributed by atoms with Crippen LogP contribution >= 0.6 is 15.9 Å². The second-order valence-electron chi connectivity index (χ2n) is 8.20. The lowest BCUT2D eigenvalue weighted by Gasteiger charge is -2.57. The molecule has 1 saturated carbocycles. The van der Waals surface area contributed by atoms with Crippen molar-refractivity contribution in [2.75, 3.05) is 20.6 Å². The molecule has 1 aromatic carbocycles. The van der Waals surface area contributed by atoms with E-state index >= 15 is 0 Å². The number of quaternary nitrogens is 1. The summed E-state index contributed by atoms with van der Waals surface area (Å²) in [6, 6.07) is 8.77. The third-order valence-corrected chi connectivity index (χ3v) is 6.25. The summed E-state index contributed by atoms with van der Waals surface area (Å²) in [7, 11) is 4.72. The first-order chi connectivity index (χ1) is 9.78. The van der Waals surface area contributed by atoms with Crippen molar-refractivity contribution in [1.29, 1.82) is 0 Å². The Hall–Kier alpha value is 0.130. The Morgan fingerprint density at radius 3 is 2.32 bits per heavy atom. The molecule has 22 heavy (non-hydrogen) atoms. The fourth-order valence-corrected chi connectivity index (χ4v) is 4.55. The molecule has 3 aliphatic carbocycles. The molecule has 3 heteroatoms. The number of hydrogen-bond acceptors (Lipinski definition) is 0. The molecule has 122 valence electrons. The van der Waals surface area contributed by atoms with Gasteiger partial charge in [0.1, 0.15) is 13.1 Å². The van der Waals surface area contributed by atoms with Crippen LogP contribution in [0.4, 0.5) is 0 Å². The van der Waals surface area contributed by atoms with E-state index in [1.54, 1.807) is 5.57 Å². The van der Waals surface area contributed by atoms with E-state index < -0.39 is 0 Å². The van der Waals surface area contributed by atoms with Gasteiger partial charge in [-0.1, -0.05) is 48.0 Å². The van der Waals surface area contributed by atoms with Gasteiger partial charge in [-0.3, -0.25) is 0 Å². The van der Waals surface area contributed by atoms with Crippen molar-refractivity contribution in [3.8, 4) is 0 Å². The molecule has 4 rings (SSSR count). The minimum Gasteiger partial charge on any atom is -1.00 e. The van der Waals surface area contributed by atoms with Crippen LogP contribution in [0.1, 0.15) is 32.3 Å². The summed E-state index contributed by atoms with van der Waals surface area (Å²) < 4.78 is 2.21. The van der Waals surface area contributed by atoms with Gasteiger partial charge in [0.05, 0.1) is 14.1 Å². The predicted octanol–water partition coefficient (Wildman–Crippen LogP) is 2.02. The molecule has 0 aromatic heterocycles. The van der Waals surface area contributed by atoms with Crippen molar-refractivity contribution >= 4 is 15.9 Å². The predicted molar refractivity (Wildman–Crippen MR) is 92.9 cm³/mol. The first kappa shape index (κ1) is 18.5. The molecule has 1 aromatic rings. The zero-order valence-corrected chi connectivity index (χ0v) is 17.8. The van der Waals surface area contributed by atoms with Crippen LogP contribution in [0.2, 0.25) is 0 Å². The summed E-state index contributed by atoms with van der Waals surface area (Å²) in [5.41, 5.74) is 3.68. The topological polar surface area (TPSA) is 0 Å². The Balaban J connectivity index is 0.00000176. The Kier molecular flexibility index (Phi) is 5.51. The quantitative estimate of drug-likeness (QED) is 0.355. The van der Waals surface area contributed by atoms with E-state index in [1.165, 1.54) is 24.9 Å². The lowest BCUT2D eigenvalue weighted by atomic mass is 9.49. The molecular weight excluding hydrogens is 449 g/mol. The lowest BCUT2D eigenvalue weighted by molar-refractivity contribution is -0.899. The van der Waals surface area contributed by atoms with Crippen molar-refractivity contribution in [2.24, 2.45) is 17.3 Å². The monoisotopic (exact) mass is 475 g/mol. The number of likely N-dealkylation sites (N-methyl/N-ethyl adjacent to an activating group) is 1.